The van der Waals surface area contributed by atoms with E-state index in [0.717, 1.165) is 22.0 Å². The molecule has 5 aromatic rings. The summed E-state index contributed by atoms with van der Waals surface area (Å²) in [5, 5.41) is 5.68. The van der Waals surface area contributed by atoms with Crippen LogP contribution in [-0.2, 0) is 0 Å². The van der Waals surface area contributed by atoms with Crippen molar-refractivity contribution in [3.63, 3.8) is 0 Å². The number of carbonyl (C=O) groups excluding carboxylic acids is 1. The van der Waals surface area contributed by atoms with Gasteiger partial charge in [-0.15, -0.1) is 0 Å². The van der Waals surface area contributed by atoms with E-state index < -0.39 is 0 Å². The number of fused-ring (bicyclic) bond motifs is 1. The first-order chi connectivity index (χ1) is 16.1. The molecule has 0 amide bonds. The molecule has 1 N–H and O–H groups in total. The molecular weight excluding hydrogens is 451 g/mol. The Hall–Kier alpha value is -3.66. The largest absolute Gasteiger partial charge is 0.340 e. The molecule has 4 aromatic carbocycles. The first-order valence-corrected chi connectivity index (χ1v) is 11.2. The molecule has 5 rings (SSSR count). The van der Waals surface area contributed by atoms with Crippen molar-refractivity contribution < 1.29 is 4.79 Å². The number of ketones is 1. The second-order valence-corrected chi connectivity index (χ2v) is 8.46. The summed E-state index contributed by atoms with van der Waals surface area (Å²) in [6.07, 6.45) is 0. The lowest BCUT2D eigenvalue weighted by Gasteiger charge is -2.14. The molecule has 0 fully saturated rings. The fourth-order valence-corrected chi connectivity index (χ4v) is 4.04. The van der Waals surface area contributed by atoms with Gasteiger partial charge < -0.3 is 5.32 Å². The van der Waals surface area contributed by atoms with Crippen molar-refractivity contribution in [1.82, 2.24) is 4.98 Å². The summed E-state index contributed by atoms with van der Waals surface area (Å²) in [5.41, 5.74) is 4.73. The zero-order valence-corrected chi connectivity index (χ0v) is 18.9. The Balaban J connectivity index is 1.57. The lowest BCUT2D eigenvalue weighted by atomic mass is 10.00. The first-order valence-electron chi connectivity index (χ1n) is 10.4. The maximum atomic E-state index is 13.2. The van der Waals surface area contributed by atoms with Crippen molar-refractivity contribution >= 4 is 51.4 Å². The van der Waals surface area contributed by atoms with Crippen LogP contribution in [0.2, 0.25) is 10.0 Å². The Morgan fingerprint density at radius 2 is 1.36 bits per heavy atom. The van der Waals surface area contributed by atoms with E-state index in [1.807, 2.05) is 72.8 Å². The number of aromatic nitrogens is 1. The zero-order valence-electron chi connectivity index (χ0n) is 17.4. The molecule has 0 aliphatic rings. The van der Waals surface area contributed by atoms with Gasteiger partial charge in [0.2, 0.25) is 0 Å². The molecule has 1 heterocycles. The minimum Gasteiger partial charge on any atom is -0.340 e. The number of benzene rings is 4. The van der Waals surface area contributed by atoms with Gasteiger partial charge in [-0.05, 0) is 71.8 Å². The zero-order chi connectivity index (χ0) is 22.8. The molecule has 0 spiro atoms. The highest BCUT2D eigenvalue weighted by Crippen LogP contribution is 2.32. The minimum absolute atomic E-state index is 0.0894. The van der Waals surface area contributed by atoms with Crippen LogP contribution in [0.1, 0.15) is 15.9 Å². The molecule has 33 heavy (non-hydrogen) atoms. The lowest BCUT2D eigenvalue weighted by molar-refractivity contribution is 0.103. The number of halogens is 2. The van der Waals surface area contributed by atoms with Crippen LogP contribution in [0.3, 0.4) is 0 Å². The second kappa shape index (κ2) is 9.07. The highest BCUT2D eigenvalue weighted by Gasteiger charge is 2.15. The van der Waals surface area contributed by atoms with Gasteiger partial charge >= 0.3 is 0 Å². The van der Waals surface area contributed by atoms with Gasteiger partial charge in [-0.25, -0.2) is 4.98 Å². The normalized spacial score (nSPS) is 10.8. The summed E-state index contributed by atoms with van der Waals surface area (Å²) in [6, 6.07) is 32.0. The molecule has 5 heteroatoms. The number of rotatable bonds is 5. The molecule has 0 bridgehead atoms. The van der Waals surface area contributed by atoms with E-state index in [4.69, 9.17) is 28.2 Å². The van der Waals surface area contributed by atoms with Crippen molar-refractivity contribution in [3.05, 3.63) is 124 Å². The number of anilines is 2. The maximum Gasteiger partial charge on any atom is 0.195 e. The Morgan fingerprint density at radius 1 is 0.727 bits per heavy atom. The van der Waals surface area contributed by atoms with Crippen LogP contribution in [0, 0.1) is 0 Å². The molecule has 0 aliphatic heterocycles. The van der Waals surface area contributed by atoms with Crippen molar-refractivity contribution in [2.24, 2.45) is 0 Å². The molecule has 0 aliphatic carbocycles. The molecule has 160 valence electrons. The molecule has 0 saturated heterocycles. The van der Waals surface area contributed by atoms with Crippen LogP contribution in [0.15, 0.2) is 103 Å². The van der Waals surface area contributed by atoms with Crippen LogP contribution in [0.4, 0.5) is 11.5 Å². The van der Waals surface area contributed by atoms with Crippen LogP contribution in [-0.4, -0.2) is 10.8 Å². The van der Waals surface area contributed by atoms with E-state index in [-0.39, 0.29) is 5.78 Å². The Labute approximate surface area is 201 Å². The summed E-state index contributed by atoms with van der Waals surface area (Å²) < 4.78 is 0. The van der Waals surface area contributed by atoms with Crippen molar-refractivity contribution in [2.45, 2.75) is 0 Å². The SMILES string of the molecule is O=C(c1ccc(Cl)cc1)c1ccccc1Nc1cc(-c2ccc(Cl)cc2)c2ccccc2n1. The highest BCUT2D eigenvalue weighted by atomic mass is 35.5. The van der Waals surface area contributed by atoms with Gasteiger partial charge in [-0.1, -0.05) is 65.7 Å². The molecule has 3 nitrogen and oxygen atoms in total. The smallest absolute Gasteiger partial charge is 0.195 e. The maximum absolute atomic E-state index is 13.2. The summed E-state index contributed by atoms with van der Waals surface area (Å²) >= 11 is 12.1. The van der Waals surface area contributed by atoms with E-state index in [1.165, 1.54) is 0 Å². The van der Waals surface area contributed by atoms with Gasteiger partial charge in [-0.2, -0.15) is 0 Å². The number of hydrogen-bond acceptors (Lipinski definition) is 3. The van der Waals surface area contributed by atoms with Gasteiger partial charge in [0.05, 0.1) is 11.2 Å². The van der Waals surface area contributed by atoms with Gasteiger partial charge in [-0.3, -0.25) is 4.79 Å². The predicted molar refractivity (Wildman–Crippen MR) is 137 cm³/mol. The minimum atomic E-state index is -0.0894. The standard InChI is InChI=1S/C28H18Cl2N2O/c29-20-13-9-18(10-14-20)24-17-27(31-25-7-3-1-5-22(24)25)32-26-8-4-2-6-23(26)28(33)19-11-15-21(30)16-12-19/h1-17H,(H,31,32). The fraction of sp³-hybridized carbons (Fsp3) is 0. The number of hydrogen-bond donors (Lipinski definition) is 1. The van der Waals surface area contributed by atoms with Crippen LogP contribution in [0.5, 0.6) is 0 Å². The Kier molecular flexibility index (Phi) is 5.82. The van der Waals surface area contributed by atoms with E-state index in [2.05, 4.69) is 5.32 Å². The molecule has 0 unspecified atom stereocenters. The summed E-state index contributed by atoms with van der Waals surface area (Å²) in [6.45, 7) is 0. The number of carbonyl (C=O) groups is 1. The molecule has 0 atom stereocenters. The Bertz CT molecular complexity index is 1460. The van der Waals surface area contributed by atoms with Crippen LogP contribution >= 0.6 is 23.2 Å². The lowest BCUT2D eigenvalue weighted by Crippen LogP contribution is -2.06. The third kappa shape index (κ3) is 4.47. The second-order valence-electron chi connectivity index (χ2n) is 7.59. The summed E-state index contributed by atoms with van der Waals surface area (Å²) in [7, 11) is 0. The van der Waals surface area contributed by atoms with Gasteiger partial charge in [0.25, 0.3) is 0 Å². The number of nitrogens with one attached hydrogen (secondary N) is 1. The average molecular weight is 469 g/mol. The van der Waals surface area contributed by atoms with Gasteiger partial charge in [0.15, 0.2) is 5.78 Å². The van der Waals surface area contributed by atoms with E-state index in [1.54, 1.807) is 30.3 Å². The molecule has 1 aromatic heterocycles. The third-order valence-electron chi connectivity index (χ3n) is 5.41. The van der Waals surface area contributed by atoms with Crippen molar-refractivity contribution in [3.8, 4) is 11.1 Å². The van der Waals surface area contributed by atoms with Crippen molar-refractivity contribution in [2.75, 3.05) is 5.32 Å². The number of nitrogens with zero attached hydrogens (tertiary/aromatic N) is 1. The van der Waals surface area contributed by atoms with E-state index in [0.29, 0.717) is 32.7 Å². The number of pyridine rings is 1. The van der Waals surface area contributed by atoms with Crippen LogP contribution in [0.25, 0.3) is 22.0 Å². The van der Waals surface area contributed by atoms with Crippen molar-refractivity contribution in [1.29, 1.82) is 0 Å². The molecular formula is C28H18Cl2N2O. The highest BCUT2D eigenvalue weighted by molar-refractivity contribution is 6.31. The van der Waals surface area contributed by atoms with Crippen LogP contribution < -0.4 is 5.32 Å². The molecule has 0 radical (unpaired) electrons. The summed E-state index contributed by atoms with van der Waals surface area (Å²) in [4.78, 5) is 18.0. The van der Waals surface area contributed by atoms with Gasteiger partial charge in [0, 0.05) is 26.6 Å². The predicted octanol–water partition coefficient (Wildman–Crippen LogP) is 8.18. The molecule has 0 saturated carbocycles. The quantitative estimate of drug-likeness (QED) is 0.264. The third-order valence-corrected chi connectivity index (χ3v) is 5.92. The van der Waals surface area contributed by atoms with E-state index >= 15 is 0 Å². The Morgan fingerprint density at radius 3 is 2.12 bits per heavy atom. The number of para-hydroxylation sites is 2. The van der Waals surface area contributed by atoms with Gasteiger partial charge in [0.1, 0.15) is 5.82 Å². The van der Waals surface area contributed by atoms with E-state index in [9.17, 15) is 4.79 Å². The first kappa shape index (κ1) is 21.2. The monoisotopic (exact) mass is 468 g/mol. The summed E-state index contributed by atoms with van der Waals surface area (Å²) in [5.74, 6) is 0.559. The topological polar surface area (TPSA) is 42.0 Å². The average Bonchev–Trinajstić information content (AvgIpc) is 2.84. The fourth-order valence-electron chi connectivity index (χ4n) is 3.79.